The third-order valence-corrected chi connectivity index (χ3v) is 6.85. The van der Waals surface area contributed by atoms with E-state index in [2.05, 4.69) is 15.9 Å². The van der Waals surface area contributed by atoms with Crippen LogP contribution in [0, 0.1) is 5.92 Å². The number of fused-ring (bicyclic) bond motifs is 1. The third-order valence-electron chi connectivity index (χ3n) is 6.32. The van der Waals surface area contributed by atoms with Crippen LogP contribution in [0.3, 0.4) is 0 Å². The molecule has 0 saturated carbocycles. The van der Waals surface area contributed by atoms with E-state index in [9.17, 15) is 19.5 Å². The van der Waals surface area contributed by atoms with Gasteiger partial charge in [0.1, 0.15) is 11.5 Å². The van der Waals surface area contributed by atoms with Gasteiger partial charge in [-0.25, -0.2) is 14.8 Å². The summed E-state index contributed by atoms with van der Waals surface area (Å²) in [7, 11) is 2.75. The number of hydroxylamine groups is 1. The minimum absolute atomic E-state index is 0.0144. The number of nitrogens with zero attached hydrogens (tertiary/aromatic N) is 2. The van der Waals surface area contributed by atoms with E-state index < -0.39 is 35.8 Å². The number of carbonyl (C=O) groups is 3. The smallest absolute Gasteiger partial charge is 0.339 e. The highest BCUT2D eigenvalue weighted by atomic mass is 79.9. The number of hydrogen-bond donors (Lipinski definition) is 1. The number of rotatable bonds is 6. The maximum Gasteiger partial charge on any atom is 0.339 e. The number of methoxy groups -OCH3 is 2. The van der Waals surface area contributed by atoms with Crippen LogP contribution in [0.4, 0.5) is 11.4 Å². The number of para-hydroxylation sites is 1. The fraction of sp³-hybridized carbons (Fsp3) is 0.192. The Bertz CT molecular complexity index is 1350. The molecule has 3 aromatic rings. The van der Waals surface area contributed by atoms with Crippen LogP contribution in [0.1, 0.15) is 22.0 Å². The first kappa shape index (κ1) is 23.8. The number of hydrogen-bond acceptors (Lipinski definition) is 7. The van der Waals surface area contributed by atoms with E-state index in [0.717, 1.165) is 9.37 Å². The molecule has 184 valence electrons. The number of benzene rings is 3. The summed E-state index contributed by atoms with van der Waals surface area (Å²) in [4.78, 5) is 46.9. The van der Waals surface area contributed by atoms with Gasteiger partial charge < -0.3 is 14.6 Å². The first-order valence-electron chi connectivity index (χ1n) is 11.0. The first-order chi connectivity index (χ1) is 17.4. The van der Waals surface area contributed by atoms with E-state index in [4.69, 9.17) is 14.3 Å². The number of anilines is 2. The van der Waals surface area contributed by atoms with Crippen molar-refractivity contribution in [1.82, 2.24) is 0 Å². The standard InChI is InChI=1S/C26H21BrN2O7/c1-34-18-13-12-17(19(26(32)33)22(18)35-2)21-20-23(36-29(21)16-6-4-3-5-7-16)25(31)28(24(20)30)15-10-8-14(27)9-11-15/h3-13,20-21,23H,1-2H3,(H,32,33)/t20-,21+,23-/m0/s1. The molecule has 3 atom stereocenters. The predicted octanol–water partition coefficient (Wildman–Crippen LogP) is 4.22. The summed E-state index contributed by atoms with van der Waals surface area (Å²) in [5.74, 6) is -3.03. The lowest BCUT2D eigenvalue weighted by molar-refractivity contribution is -0.126. The first-order valence-corrected chi connectivity index (χ1v) is 11.8. The number of carboxylic acid groups (broad SMARTS) is 1. The molecular formula is C26H21BrN2O7. The highest BCUT2D eigenvalue weighted by molar-refractivity contribution is 9.10. The van der Waals surface area contributed by atoms with E-state index in [1.165, 1.54) is 19.3 Å². The fourth-order valence-corrected chi connectivity index (χ4v) is 5.05. The van der Waals surface area contributed by atoms with E-state index in [-0.39, 0.29) is 22.6 Å². The summed E-state index contributed by atoms with van der Waals surface area (Å²) < 4.78 is 11.5. The molecule has 0 radical (unpaired) electrons. The van der Waals surface area contributed by atoms with E-state index in [1.54, 1.807) is 60.7 Å². The van der Waals surface area contributed by atoms with Gasteiger partial charge in [0.25, 0.3) is 5.91 Å². The molecule has 2 aliphatic heterocycles. The predicted molar refractivity (Wildman–Crippen MR) is 133 cm³/mol. The number of halogens is 1. The number of carboxylic acids is 1. The van der Waals surface area contributed by atoms with Crippen molar-refractivity contribution in [1.29, 1.82) is 0 Å². The maximum absolute atomic E-state index is 13.8. The zero-order chi connectivity index (χ0) is 25.6. The van der Waals surface area contributed by atoms with Gasteiger partial charge in [-0.15, -0.1) is 0 Å². The Hall–Kier alpha value is -3.89. The molecule has 2 saturated heterocycles. The van der Waals surface area contributed by atoms with Crippen LogP contribution in [0.15, 0.2) is 71.2 Å². The quantitative estimate of drug-likeness (QED) is 0.453. The maximum atomic E-state index is 13.8. The third kappa shape index (κ3) is 3.69. The zero-order valence-corrected chi connectivity index (χ0v) is 20.8. The lowest BCUT2D eigenvalue weighted by atomic mass is 9.87. The second-order valence-corrected chi connectivity index (χ2v) is 9.13. The Kier molecular flexibility index (Phi) is 6.15. The molecular weight excluding hydrogens is 532 g/mol. The Labute approximate surface area is 214 Å². The molecule has 0 unspecified atom stereocenters. The Morgan fingerprint density at radius 3 is 2.22 bits per heavy atom. The van der Waals surface area contributed by atoms with Gasteiger partial charge in [0.2, 0.25) is 5.91 Å². The lowest BCUT2D eigenvalue weighted by Crippen LogP contribution is -2.37. The molecule has 36 heavy (non-hydrogen) atoms. The van der Waals surface area contributed by atoms with Gasteiger partial charge in [-0.05, 0) is 48.0 Å². The van der Waals surface area contributed by atoms with E-state index >= 15 is 0 Å². The molecule has 0 bridgehead atoms. The highest BCUT2D eigenvalue weighted by Gasteiger charge is 2.61. The van der Waals surface area contributed by atoms with Gasteiger partial charge in [-0.2, -0.15) is 0 Å². The monoisotopic (exact) mass is 552 g/mol. The van der Waals surface area contributed by atoms with Crippen molar-refractivity contribution in [2.45, 2.75) is 12.1 Å². The largest absolute Gasteiger partial charge is 0.493 e. The average Bonchev–Trinajstić information content (AvgIpc) is 3.39. The van der Waals surface area contributed by atoms with Gasteiger partial charge in [0.15, 0.2) is 17.6 Å². The normalized spacial score (nSPS) is 21.0. The van der Waals surface area contributed by atoms with Gasteiger partial charge >= 0.3 is 5.97 Å². The van der Waals surface area contributed by atoms with Gasteiger partial charge in [0.05, 0.1) is 31.6 Å². The second kappa shape index (κ2) is 9.29. The van der Waals surface area contributed by atoms with Crippen molar-refractivity contribution in [3.05, 3.63) is 82.3 Å². The summed E-state index contributed by atoms with van der Waals surface area (Å²) >= 11 is 3.36. The SMILES string of the molecule is COc1ccc([C@@H]2[C@@H]3C(=O)N(c4ccc(Br)cc4)C(=O)[C@H]3ON2c2ccccc2)c(C(=O)O)c1OC. The van der Waals surface area contributed by atoms with Gasteiger partial charge in [0, 0.05) is 4.47 Å². The zero-order valence-electron chi connectivity index (χ0n) is 19.3. The van der Waals surface area contributed by atoms with E-state index in [0.29, 0.717) is 11.4 Å². The Morgan fingerprint density at radius 2 is 1.61 bits per heavy atom. The summed E-state index contributed by atoms with van der Waals surface area (Å²) in [6.45, 7) is 0. The van der Waals surface area contributed by atoms with Crippen LogP contribution < -0.4 is 19.4 Å². The molecule has 2 heterocycles. The number of aromatic carboxylic acids is 1. The molecule has 10 heteroatoms. The Balaban J connectivity index is 1.68. The van der Waals surface area contributed by atoms with Crippen molar-refractivity contribution in [3.8, 4) is 11.5 Å². The molecule has 5 rings (SSSR count). The minimum Gasteiger partial charge on any atom is -0.493 e. The molecule has 2 aliphatic rings. The van der Waals surface area contributed by atoms with Crippen molar-refractivity contribution in [2.24, 2.45) is 5.92 Å². The van der Waals surface area contributed by atoms with Crippen LogP contribution in [-0.4, -0.2) is 43.2 Å². The number of carbonyl (C=O) groups excluding carboxylic acids is 2. The van der Waals surface area contributed by atoms with Gasteiger partial charge in [-0.1, -0.05) is 40.2 Å². The average molecular weight is 553 g/mol. The van der Waals surface area contributed by atoms with Crippen molar-refractivity contribution in [3.63, 3.8) is 0 Å². The number of amides is 2. The molecule has 2 fully saturated rings. The minimum atomic E-state index is -1.27. The van der Waals surface area contributed by atoms with E-state index in [1.807, 2.05) is 6.07 Å². The second-order valence-electron chi connectivity index (χ2n) is 8.22. The Morgan fingerprint density at radius 1 is 0.917 bits per heavy atom. The van der Waals surface area contributed by atoms with Gasteiger partial charge in [-0.3, -0.25) is 14.4 Å². The van der Waals surface area contributed by atoms with Crippen molar-refractivity contribution >= 4 is 45.1 Å². The van der Waals surface area contributed by atoms with Crippen molar-refractivity contribution < 1.29 is 33.8 Å². The molecule has 0 aliphatic carbocycles. The molecule has 2 amide bonds. The molecule has 0 spiro atoms. The summed E-state index contributed by atoms with van der Waals surface area (Å²) in [5.41, 5.74) is 1.06. The molecule has 0 aromatic heterocycles. The molecule has 1 N–H and O–H groups in total. The number of imide groups is 1. The van der Waals surface area contributed by atoms with Crippen LogP contribution >= 0.6 is 15.9 Å². The molecule has 9 nitrogen and oxygen atoms in total. The summed E-state index contributed by atoms with van der Waals surface area (Å²) in [6.07, 6.45) is -1.14. The summed E-state index contributed by atoms with van der Waals surface area (Å²) in [6, 6.07) is 17.9. The highest BCUT2D eigenvalue weighted by Crippen LogP contribution is 2.50. The topological polar surface area (TPSA) is 106 Å². The molecule has 3 aromatic carbocycles. The van der Waals surface area contributed by atoms with Crippen LogP contribution in [0.5, 0.6) is 11.5 Å². The van der Waals surface area contributed by atoms with Crippen LogP contribution in [0.25, 0.3) is 0 Å². The number of ether oxygens (including phenoxy) is 2. The van der Waals surface area contributed by atoms with Crippen LogP contribution in [-0.2, 0) is 14.4 Å². The lowest BCUT2D eigenvalue weighted by Gasteiger charge is -2.30. The van der Waals surface area contributed by atoms with Crippen LogP contribution in [0.2, 0.25) is 0 Å². The fourth-order valence-electron chi connectivity index (χ4n) is 4.78. The summed E-state index contributed by atoms with van der Waals surface area (Å²) in [5, 5.41) is 11.6. The van der Waals surface area contributed by atoms with Crippen molar-refractivity contribution in [2.75, 3.05) is 24.2 Å².